The second kappa shape index (κ2) is 10.3. The molecule has 1 spiro atoms. The molecule has 5 fully saturated rings. The van der Waals surface area contributed by atoms with Crippen molar-refractivity contribution in [3.8, 4) is 0 Å². The number of allylic oxidation sites excluding steroid dienone is 5. The van der Waals surface area contributed by atoms with Gasteiger partial charge in [0.15, 0.2) is 0 Å². The Morgan fingerprint density at radius 2 is 1.60 bits per heavy atom. The molecule has 0 heterocycles. The van der Waals surface area contributed by atoms with Gasteiger partial charge in [0.2, 0.25) is 0 Å². The highest BCUT2D eigenvalue weighted by Crippen LogP contribution is 2.78. The summed E-state index contributed by atoms with van der Waals surface area (Å²) in [6, 6.07) is 0. The lowest BCUT2D eigenvalue weighted by atomic mass is 9.32. The highest BCUT2D eigenvalue weighted by atomic mass is 16.5. The van der Waals surface area contributed by atoms with Crippen molar-refractivity contribution in [1.29, 1.82) is 0 Å². The van der Waals surface area contributed by atoms with Gasteiger partial charge in [0.25, 0.3) is 0 Å². The van der Waals surface area contributed by atoms with Crippen LogP contribution in [-0.4, -0.2) is 24.1 Å². The van der Waals surface area contributed by atoms with E-state index in [1.165, 1.54) is 55.1 Å². The van der Waals surface area contributed by atoms with E-state index in [4.69, 9.17) is 4.74 Å². The SMILES string of the molecule is C=C(C)[C@@H]1CC[C@]2(C=O)CC[C@]3(C)[C@H](CC[C@@H]4[C@@]5(C)CC=C(C6=CC7(C6)CC(C(C)=O)(C(=O)OC(C)C)C7)C(C)(C)[C@@H]5CC[C@]43C)[C@@H]12. The minimum Gasteiger partial charge on any atom is -0.462 e. The van der Waals surface area contributed by atoms with Crippen LogP contribution in [0.1, 0.15) is 139 Å². The fraction of sp³-hybridized carbons (Fsp3) is 0.791. The molecule has 4 nitrogen and oxygen atoms in total. The summed E-state index contributed by atoms with van der Waals surface area (Å²) in [5, 5.41) is 0. The Morgan fingerprint density at radius 3 is 2.19 bits per heavy atom. The summed E-state index contributed by atoms with van der Waals surface area (Å²) in [4.78, 5) is 38.5. The monoisotopic (exact) mass is 642 g/mol. The van der Waals surface area contributed by atoms with Crippen LogP contribution in [0.25, 0.3) is 0 Å². The molecule has 4 heteroatoms. The van der Waals surface area contributed by atoms with E-state index < -0.39 is 5.41 Å². The molecule has 0 aromatic rings. The lowest BCUT2D eigenvalue weighted by Crippen LogP contribution is -2.65. The highest BCUT2D eigenvalue weighted by Gasteiger charge is 2.71. The Morgan fingerprint density at radius 1 is 0.915 bits per heavy atom. The number of hydrogen-bond acceptors (Lipinski definition) is 4. The Bertz CT molecular complexity index is 1470. The second-order valence-electron chi connectivity index (χ2n) is 19.7. The number of ketones is 1. The first-order valence-corrected chi connectivity index (χ1v) is 19.1. The van der Waals surface area contributed by atoms with Gasteiger partial charge in [0.05, 0.1) is 6.10 Å². The van der Waals surface area contributed by atoms with E-state index in [9.17, 15) is 14.4 Å². The molecule has 7 rings (SSSR count). The third-order valence-corrected chi connectivity index (χ3v) is 17.0. The minimum atomic E-state index is -0.961. The number of fused-ring (bicyclic) bond motifs is 7. The van der Waals surface area contributed by atoms with Gasteiger partial charge < -0.3 is 9.53 Å². The number of esters is 1. The minimum absolute atomic E-state index is 0.0353. The average Bonchev–Trinajstić information content (AvgIpc) is 3.33. The summed E-state index contributed by atoms with van der Waals surface area (Å²) in [5.74, 6) is 2.49. The number of aldehydes is 1. The van der Waals surface area contributed by atoms with Crippen molar-refractivity contribution in [2.45, 2.75) is 145 Å². The number of carbonyl (C=O) groups excluding carboxylic acids is 3. The molecule has 9 atom stereocenters. The normalized spacial score (nSPS) is 49.2. The van der Waals surface area contributed by atoms with Crippen LogP contribution in [0.2, 0.25) is 0 Å². The van der Waals surface area contributed by atoms with Crippen molar-refractivity contribution < 1.29 is 19.1 Å². The Kier molecular flexibility index (Phi) is 7.34. The summed E-state index contributed by atoms with van der Waals surface area (Å²) in [6.45, 7) is 24.9. The molecule has 258 valence electrons. The highest BCUT2D eigenvalue weighted by molar-refractivity contribution is 6.04. The number of Topliss-reactive ketones (excluding diaryl/α,β-unsaturated/α-hetero) is 1. The van der Waals surface area contributed by atoms with Crippen LogP contribution < -0.4 is 0 Å². The van der Waals surface area contributed by atoms with Crippen molar-refractivity contribution in [2.24, 2.45) is 67.5 Å². The molecule has 5 saturated carbocycles. The van der Waals surface area contributed by atoms with E-state index in [-0.39, 0.29) is 50.3 Å². The number of carbonyl (C=O) groups is 3. The van der Waals surface area contributed by atoms with Gasteiger partial charge in [-0.05, 0) is 173 Å². The van der Waals surface area contributed by atoms with E-state index in [1.807, 2.05) is 13.8 Å². The molecular formula is C43H62O4. The predicted octanol–water partition coefficient (Wildman–Crippen LogP) is 10.0. The number of ether oxygens (including phenoxy) is 1. The quantitative estimate of drug-likeness (QED) is 0.125. The first-order chi connectivity index (χ1) is 21.8. The molecule has 0 bridgehead atoms. The van der Waals surface area contributed by atoms with E-state index in [2.05, 4.69) is 60.3 Å². The van der Waals surface area contributed by atoms with Gasteiger partial charge in [-0.2, -0.15) is 0 Å². The third-order valence-electron chi connectivity index (χ3n) is 17.0. The first kappa shape index (κ1) is 33.5. The maximum Gasteiger partial charge on any atom is 0.319 e. The Labute approximate surface area is 285 Å². The fourth-order valence-electron chi connectivity index (χ4n) is 14.7. The van der Waals surface area contributed by atoms with Crippen LogP contribution in [0.5, 0.6) is 0 Å². The van der Waals surface area contributed by atoms with Crippen LogP contribution in [0.4, 0.5) is 0 Å². The van der Waals surface area contributed by atoms with E-state index in [0.717, 1.165) is 32.1 Å². The van der Waals surface area contributed by atoms with Gasteiger partial charge in [-0.15, -0.1) is 0 Å². The van der Waals surface area contributed by atoms with Gasteiger partial charge in [-0.1, -0.05) is 58.9 Å². The molecule has 0 aliphatic heterocycles. The molecule has 0 radical (unpaired) electrons. The average molecular weight is 643 g/mol. The number of rotatable bonds is 6. The van der Waals surface area contributed by atoms with Gasteiger partial charge in [0.1, 0.15) is 17.5 Å². The Hall–Kier alpha value is -1.97. The van der Waals surface area contributed by atoms with Crippen LogP contribution in [0, 0.1) is 67.5 Å². The molecule has 7 aliphatic rings. The zero-order valence-corrected chi connectivity index (χ0v) is 31.0. The summed E-state index contributed by atoms with van der Waals surface area (Å²) in [6.07, 6.45) is 19.1. The maximum atomic E-state index is 13.0. The predicted molar refractivity (Wildman–Crippen MR) is 187 cm³/mol. The first-order valence-electron chi connectivity index (χ1n) is 19.1. The van der Waals surface area contributed by atoms with Gasteiger partial charge >= 0.3 is 5.97 Å². The van der Waals surface area contributed by atoms with E-state index >= 15 is 0 Å². The molecule has 0 saturated heterocycles. The van der Waals surface area contributed by atoms with Gasteiger partial charge in [-0.3, -0.25) is 9.59 Å². The van der Waals surface area contributed by atoms with Crippen molar-refractivity contribution >= 4 is 18.0 Å². The smallest absolute Gasteiger partial charge is 0.319 e. The summed E-state index contributed by atoms with van der Waals surface area (Å²) in [5.41, 5.74) is 4.01. The van der Waals surface area contributed by atoms with Crippen LogP contribution in [0.3, 0.4) is 0 Å². The zero-order valence-electron chi connectivity index (χ0n) is 31.0. The molecule has 0 aromatic heterocycles. The van der Waals surface area contributed by atoms with E-state index in [1.54, 1.807) is 6.92 Å². The largest absolute Gasteiger partial charge is 0.462 e. The standard InChI is InChI=1S/C43H62O4/c1-26(2)30-13-18-42(25-44)20-19-39(9)32(35(30)42)11-12-34-38(8)16-14-31(37(6,7)33(38)15-17-40(34,39)10)29-21-41(22-29)23-43(24-41,28(5)45)36(46)47-27(3)4/h14,21,25,27,30,32-35H,1,11-13,15-20,22-24H2,2-10H3/t30-,32+,33-,34+,35+,38-,39+,40+,41?,42+,43?/m0/s1. The van der Waals surface area contributed by atoms with Crippen LogP contribution in [0.15, 0.2) is 35.5 Å². The summed E-state index contributed by atoms with van der Waals surface area (Å²) < 4.78 is 5.55. The molecule has 0 N–H and O–H groups in total. The molecule has 0 amide bonds. The lowest BCUT2D eigenvalue weighted by molar-refractivity contribution is -0.224. The van der Waals surface area contributed by atoms with Crippen molar-refractivity contribution in [3.05, 3.63) is 35.5 Å². The number of hydrogen-bond donors (Lipinski definition) is 0. The topological polar surface area (TPSA) is 60.4 Å². The molecule has 7 aliphatic carbocycles. The maximum absolute atomic E-state index is 13.0. The lowest BCUT2D eigenvalue weighted by Gasteiger charge is -2.72. The molecule has 0 aromatic carbocycles. The summed E-state index contributed by atoms with van der Waals surface area (Å²) in [7, 11) is 0. The van der Waals surface area contributed by atoms with Crippen LogP contribution in [-0.2, 0) is 19.1 Å². The van der Waals surface area contributed by atoms with Gasteiger partial charge in [0, 0.05) is 5.41 Å². The zero-order chi connectivity index (χ0) is 34.2. The summed E-state index contributed by atoms with van der Waals surface area (Å²) >= 11 is 0. The third kappa shape index (κ3) is 4.20. The fourth-order valence-corrected chi connectivity index (χ4v) is 14.7. The Balaban J connectivity index is 1.15. The van der Waals surface area contributed by atoms with Crippen molar-refractivity contribution in [1.82, 2.24) is 0 Å². The molecule has 0 unspecified atom stereocenters. The van der Waals surface area contributed by atoms with E-state index in [0.29, 0.717) is 42.4 Å². The van der Waals surface area contributed by atoms with Crippen molar-refractivity contribution in [3.63, 3.8) is 0 Å². The van der Waals surface area contributed by atoms with Crippen molar-refractivity contribution in [2.75, 3.05) is 0 Å². The second-order valence-corrected chi connectivity index (χ2v) is 19.7. The molecular weight excluding hydrogens is 580 g/mol. The van der Waals surface area contributed by atoms with Gasteiger partial charge in [-0.25, -0.2) is 0 Å². The van der Waals surface area contributed by atoms with Crippen LogP contribution >= 0.6 is 0 Å². The molecule has 47 heavy (non-hydrogen) atoms.